The number of primary amides is 1. The molecule has 0 bridgehead atoms. The molecule has 0 aliphatic heterocycles. The summed E-state index contributed by atoms with van der Waals surface area (Å²) in [5, 5.41) is 25.3. The molecule has 0 aromatic heterocycles. The van der Waals surface area contributed by atoms with Crippen molar-refractivity contribution in [3.8, 4) is 0 Å². The van der Waals surface area contributed by atoms with Crippen LogP contribution >= 0.6 is 0 Å². The predicted molar refractivity (Wildman–Crippen MR) is 120 cm³/mol. The molecule has 0 aliphatic rings. The van der Waals surface area contributed by atoms with E-state index in [-0.39, 0.29) is 25.2 Å². The molecular weight excluding hydrogens is 452 g/mol. The molecule has 0 heterocycles. The van der Waals surface area contributed by atoms with Crippen LogP contribution in [0.1, 0.15) is 52.4 Å². The highest BCUT2D eigenvalue weighted by molar-refractivity contribution is 5.95. The van der Waals surface area contributed by atoms with Gasteiger partial charge in [-0.05, 0) is 38.1 Å². The Hall–Kier alpha value is -3.26. The van der Waals surface area contributed by atoms with Crippen LogP contribution in [0.4, 0.5) is 0 Å². The molecular formula is C20H36N6O8. The zero-order valence-electron chi connectivity index (χ0n) is 19.4. The van der Waals surface area contributed by atoms with E-state index in [4.69, 9.17) is 22.3 Å². The molecule has 4 unspecified atom stereocenters. The van der Waals surface area contributed by atoms with Crippen molar-refractivity contribution in [2.75, 3.05) is 6.54 Å². The van der Waals surface area contributed by atoms with E-state index in [0.29, 0.717) is 19.4 Å². The third kappa shape index (κ3) is 12.1. The lowest BCUT2D eigenvalue weighted by atomic mass is 10.0. The number of carboxylic acids is 2. The number of nitrogens with one attached hydrogen (secondary N) is 3. The van der Waals surface area contributed by atoms with Crippen molar-refractivity contribution in [2.24, 2.45) is 23.1 Å². The first kappa shape index (κ1) is 30.7. The second-order valence-electron chi connectivity index (χ2n) is 8.18. The maximum atomic E-state index is 12.8. The number of amides is 4. The van der Waals surface area contributed by atoms with Crippen molar-refractivity contribution in [2.45, 2.75) is 76.5 Å². The second kappa shape index (κ2) is 15.6. The zero-order chi connectivity index (χ0) is 26.4. The van der Waals surface area contributed by atoms with Gasteiger partial charge in [0.15, 0.2) is 0 Å². The summed E-state index contributed by atoms with van der Waals surface area (Å²) >= 11 is 0. The molecule has 14 nitrogen and oxygen atoms in total. The summed E-state index contributed by atoms with van der Waals surface area (Å²) in [6.45, 7) is 3.70. The smallest absolute Gasteiger partial charge is 0.326 e. The molecule has 0 spiro atoms. The Labute approximate surface area is 197 Å². The van der Waals surface area contributed by atoms with Gasteiger partial charge in [0.1, 0.15) is 18.1 Å². The Bertz CT molecular complexity index is 745. The quantitative estimate of drug-likeness (QED) is 0.0988. The van der Waals surface area contributed by atoms with E-state index in [9.17, 15) is 33.9 Å². The molecule has 14 heteroatoms. The molecule has 11 N–H and O–H groups in total. The van der Waals surface area contributed by atoms with E-state index >= 15 is 0 Å². The molecule has 4 atom stereocenters. The Kier molecular flexibility index (Phi) is 14.1. The fourth-order valence-corrected chi connectivity index (χ4v) is 2.80. The predicted octanol–water partition coefficient (Wildman–Crippen LogP) is -2.62. The summed E-state index contributed by atoms with van der Waals surface area (Å²) in [5.41, 5.74) is 16.3. The zero-order valence-corrected chi connectivity index (χ0v) is 19.4. The van der Waals surface area contributed by atoms with Crippen molar-refractivity contribution < 1.29 is 39.0 Å². The SMILES string of the molecule is CC(C)C(N)C(=O)NC(CCC(N)=O)C(=O)NC(CC(=O)O)C(=O)NC(CCCCN)C(=O)O. The molecule has 0 saturated heterocycles. The number of hydrogen-bond donors (Lipinski definition) is 8. The minimum Gasteiger partial charge on any atom is -0.481 e. The van der Waals surface area contributed by atoms with E-state index in [0.717, 1.165) is 0 Å². The van der Waals surface area contributed by atoms with Crippen LogP contribution in [0.3, 0.4) is 0 Å². The average Bonchev–Trinajstić information content (AvgIpc) is 2.73. The minimum absolute atomic E-state index is 0.0520. The van der Waals surface area contributed by atoms with E-state index in [2.05, 4.69) is 16.0 Å². The van der Waals surface area contributed by atoms with Crippen molar-refractivity contribution in [3.05, 3.63) is 0 Å². The molecule has 0 fully saturated rings. The van der Waals surface area contributed by atoms with Gasteiger partial charge in [-0.3, -0.25) is 24.0 Å². The highest BCUT2D eigenvalue weighted by Gasteiger charge is 2.32. The van der Waals surface area contributed by atoms with Crippen molar-refractivity contribution in [3.63, 3.8) is 0 Å². The first-order valence-electron chi connectivity index (χ1n) is 10.9. The number of aliphatic carboxylic acids is 2. The number of rotatable bonds is 17. The van der Waals surface area contributed by atoms with Crippen LogP contribution in [-0.4, -0.2) is 76.5 Å². The number of carboxylic acid groups (broad SMARTS) is 2. The van der Waals surface area contributed by atoms with Gasteiger partial charge in [-0.1, -0.05) is 13.8 Å². The van der Waals surface area contributed by atoms with Crippen LogP contribution in [0.5, 0.6) is 0 Å². The number of unbranched alkanes of at least 4 members (excludes halogenated alkanes) is 1. The Balaban J connectivity index is 5.54. The van der Waals surface area contributed by atoms with Gasteiger partial charge in [-0.15, -0.1) is 0 Å². The Morgan fingerprint density at radius 1 is 0.794 bits per heavy atom. The lowest BCUT2D eigenvalue weighted by Gasteiger charge is -2.25. The van der Waals surface area contributed by atoms with Crippen LogP contribution in [0.15, 0.2) is 0 Å². The van der Waals surface area contributed by atoms with E-state index in [1.807, 2.05) is 0 Å². The third-order valence-electron chi connectivity index (χ3n) is 4.91. The van der Waals surface area contributed by atoms with Gasteiger partial charge in [0.2, 0.25) is 23.6 Å². The standard InChI is InChI=1S/C20H36N6O8/c1-10(2)16(23)19(32)24-11(6-7-14(22)27)17(30)26-13(9-15(28)29)18(31)25-12(20(33)34)5-3-4-8-21/h10-13,16H,3-9,21,23H2,1-2H3,(H2,22,27)(H,24,32)(H,25,31)(H,26,30)(H,28,29)(H,33,34). The fourth-order valence-electron chi connectivity index (χ4n) is 2.80. The summed E-state index contributed by atoms with van der Waals surface area (Å²) in [6.07, 6.45) is -0.385. The molecule has 0 radical (unpaired) electrons. The maximum Gasteiger partial charge on any atom is 0.326 e. The van der Waals surface area contributed by atoms with Crippen molar-refractivity contribution in [1.82, 2.24) is 16.0 Å². The molecule has 0 saturated carbocycles. The van der Waals surface area contributed by atoms with Gasteiger partial charge >= 0.3 is 11.9 Å². The molecule has 194 valence electrons. The summed E-state index contributed by atoms with van der Waals surface area (Å²) in [7, 11) is 0. The Morgan fingerprint density at radius 2 is 1.32 bits per heavy atom. The number of hydrogen-bond acceptors (Lipinski definition) is 8. The van der Waals surface area contributed by atoms with Gasteiger partial charge < -0.3 is 43.4 Å². The van der Waals surface area contributed by atoms with Gasteiger partial charge in [0.25, 0.3) is 0 Å². The fraction of sp³-hybridized carbons (Fsp3) is 0.700. The molecule has 0 aromatic carbocycles. The summed E-state index contributed by atoms with van der Waals surface area (Å²) in [6, 6.07) is -5.27. The van der Waals surface area contributed by atoms with Gasteiger partial charge in [0, 0.05) is 6.42 Å². The average molecular weight is 489 g/mol. The molecule has 4 amide bonds. The number of carbonyl (C=O) groups excluding carboxylic acids is 4. The summed E-state index contributed by atoms with van der Waals surface area (Å²) in [4.78, 5) is 71.6. The number of carbonyl (C=O) groups is 6. The van der Waals surface area contributed by atoms with E-state index in [1.54, 1.807) is 13.8 Å². The van der Waals surface area contributed by atoms with Crippen LogP contribution in [0.2, 0.25) is 0 Å². The van der Waals surface area contributed by atoms with Crippen LogP contribution in [0.25, 0.3) is 0 Å². The van der Waals surface area contributed by atoms with Gasteiger partial charge in [-0.2, -0.15) is 0 Å². The first-order valence-corrected chi connectivity index (χ1v) is 10.9. The van der Waals surface area contributed by atoms with E-state index in [1.165, 1.54) is 0 Å². The maximum absolute atomic E-state index is 12.8. The molecule has 0 rings (SSSR count). The van der Waals surface area contributed by atoms with Crippen molar-refractivity contribution >= 4 is 35.6 Å². The normalized spacial score (nSPS) is 14.4. The largest absolute Gasteiger partial charge is 0.481 e. The lowest BCUT2D eigenvalue weighted by Crippen LogP contribution is -2.58. The highest BCUT2D eigenvalue weighted by atomic mass is 16.4. The molecule has 34 heavy (non-hydrogen) atoms. The molecule has 0 aliphatic carbocycles. The Morgan fingerprint density at radius 3 is 1.79 bits per heavy atom. The van der Waals surface area contributed by atoms with Gasteiger partial charge in [0.05, 0.1) is 12.5 Å². The highest BCUT2D eigenvalue weighted by Crippen LogP contribution is 2.06. The van der Waals surface area contributed by atoms with Crippen LogP contribution in [-0.2, 0) is 28.8 Å². The second-order valence-corrected chi connectivity index (χ2v) is 8.18. The molecule has 0 aromatic rings. The van der Waals surface area contributed by atoms with Crippen LogP contribution < -0.4 is 33.2 Å². The minimum atomic E-state index is -1.65. The monoisotopic (exact) mass is 488 g/mol. The lowest BCUT2D eigenvalue weighted by molar-refractivity contribution is -0.143. The van der Waals surface area contributed by atoms with Crippen LogP contribution in [0, 0.1) is 5.92 Å². The number of nitrogens with two attached hydrogens (primary N) is 3. The third-order valence-corrected chi connectivity index (χ3v) is 4.91. The summed E-state index contributed by atoms with van der Waals surface area (Å²) in [5.74, 6) is -6.46. The summed E-state index contributed by atoms with van der Waals surface area (Å²) < 4.78 is 0. The van der Waals surface area contributed by atoms with Gasteiger partial charge in [-0.25, -0.2) is 4.79 Å². The van der Waals surface area contributed by atoms with Crippen molar-refractivity contribution in [1.29, 1.82) is 0 Å². The first-order chi connectivity index (χ1) is 15.8. The van der Waals surface area contributed by atoms with E-state index < -0.39 is 66.2 Å². The topological polar surface area (TPSA) is 257 Å².